The van der Waals surface area contributed by atoms with Gasteiger partial charge in [0.1, 0.15) is 0 Å². The Bertz CT molecular complexity index is 133. The zero-order valence-electron chi connectivity index (χ0n) is 5.81. The van der Waals surface area contributed by atoms with E-state index in [1.165, 1.54) is 0 Å². The zero-order valence-corrected chi connectivity index (χ0v) is 5.81. The molecule has 2 nitrogen and oxygen atoms in total. The molecule has 0 spiro atoms. The van der Waals surface area contributed by atoms with Crippen LogP contribution in [0.4, 0.5) is 0 Å². The topological polar surface area (TPSA) is 35.2 Å². The molecule has 0 amide bonds. The fourth-order valence-electron chi connectivity index (χ4n) is 0.985. The van der Waals surface area contributed by atoms with E-state index in [-0.39, 0.29) is 5.41 Å². The van der Waals surface area contributed by atoms with Crippen molar-refractivity contribution in [2.24, 2.45) is 11.1 Å². The lowest BCUT2D eigenvalue weighted by Crippen LogP contribution is -2.26. The molecule has 2 N–H and O–H groups in total. The number of hydrogen-bond donors (Lipinski definition) is 1. The van der Waals surface area contributed by atoms with Crippen LogP contribution in [0.3, 0.4) is 0 Å². The summed E-state index contributed by atoms with van der Waals surface area (Å²) in [5, 5.41) is 0. The van der Waals surface area contributed by atoms with E-state index in [1.807, 2.05) is 0 Å². The fourth-order valence-corrected chi connectivity index (χ4v) is 0.985. The van der Waals surface area contributed by atoms with Crippen molar-refractivity contribution in [1.82, 2.24) is 0 Å². The van der Waals surface area contributed by atoms with Crippen molar-refractivity contribution in [2.45, 2.75) is 13.3 Å². The summed E-state index contributed by atoms with van der Waals surface area (Å²) in [5.74, 6) is 0.878. The van der Waals surface area contributed by atoms with E-state index in [4.69, 9.17) is 10.5 Å². The van der Waals surface area contributed by atoms with Crippen molar-refractivity contribution < 1.29 is 4.74 Å². The molecule has 2 heteroatoms. The molecule has 0 aromatic rings. The Morgan fingerprint density at radius 2 is 2.56 bits per heavy atom. The van der Waals surface area contributed by atoms with Crippen molar-refractivity contribution >= 4 is 0 Å². The van der Waals surface area contributed by atoms with Crippen LogP contribution in [-0.2, 0) is 4.74 Å². The first-order chi connectivity index (χ1) is 4.16. The molecule has 0 aromatic carbocycles. The summed E-state index contributed by atoms with van der Waals surface area (Å²) in [4.78, 5) is 0. The molecular weight excluding hydrogens is 114 g/mol. The van der Waals surface area contributed by atoms with Crippen LogP contribution in [0.1, 0.15) is 13.3 Å². The monoisotopic (exact) mass is 127 g/mol. The predicted octanol–water partition coefficient (Wildman–Crippen LogP) is 0.885. The number of allylic oxidation sites excluding steroid dienone is 1. The molecule has 1 fully saturated rings. The zero-order chi connectivity index (χ0) is 6.91. The van der Waals surface area contributed by atoms with E-state index in [1.54, 1.807) is 0 Å². The van der Waals surface area contributed by atoms with Gasteiger partial charge in [0.15, 0.2) is 0 Å². The second-order valence-corrected chi connectivity index (χ2v) is 3.02. The standard InChI is InChI=1S/C7H13NO/c1-6-3-7(2,4-8)5-9-6/h1,3-5,8H2,2H3. The van der Waals surface area contributed by atoms with Crippen LogP contribution in [-0.4, -0.2) is 13.2 Å². The second-order valence-electron chi connectivity index (χ2n) is 3.02. The highest BCUT2D eigenvalue weighted by atomic mass is 16.5. The Kier molecular flexibility index (Phi) is 1.49. The van der Waals surface area contributed by atoms with Gasteiger partial charge < -0.3 is 10.5 Å². The van der Waals surface area contributed by atoms with E-state index in [0.717, 1.165) is 18.8 Å². The molecule has 52 valence electrons. The van der Waals surface area contributed by atoms with Gasteiger partial charge in [-0.25, -0.2) is 0 Å². The summed E-state index contributed by atoms with van der Waals surface area (Å²) >= 11 is 0. The first kappa shape index (κ1) is 6.62. The molecular formula is C7H13NO. The number of hydrogen-bond acceptors (Lipinski definition) is 2. The van der Waals surface area contributed by atoms with E-state index in [0.29, 0.717) is 6.54 Å². The Morgan fingerprint density at radius 1 is 1.89 bits per heavy atom. The molecule has 1 saturated heterocycles. The maximum atomic E-state index is 5.51. The fraction of sp³-hybridized carbons (Fsp3) is 0.714. The molecule has 1 aliphatic heterocycles. The summed E-state index contributed by atoms with van der Waals surface area (Å²) in [7, 11) is 0. The second kappa shape index (κ2) is 2.03. The van der Waals surface area contributed by atoms with Gasteiger partial charge >= 0.3 is 0 Å². The Morgan fingerprint density at radius 3 is 2.78 bits per heavy atom. The average Bonchev–Trinajstić information content (AvgIpc) is 2.13. The molecule has 1 aliphatic rings. The molecule has 0 radical (unpaired) electrons. The first-order valence-electron chi connectivity index (χ1n) is 3.17. The number of nitrogens with two attached hydrogens (primary N) is 1. The van der Waals surface area contributed by atoms with Gasteiger partial charge in [0.05, 0.1) is 12.4 Å². The molecule has 9 heavy (non-hydrogen) atoms. The molecule has 0 aromatic heterocycles. The van der Waals surface area contributed by atoms with Crippen LogP contribution < -0.4 is 5.73 Å². The van der Waals surface area contributed by atoms with Crippen LogP contribution in [0, 0.1) is 5.41 Å². The smallest absolute Gasteiger partial charge is 0.0947 e. The van der Waals surface area contributed by atoms with E-state index in [9.17, 15) is 0 Å². The van der Waals surface area contributed by atoms with Gasteiger partial charge in [0.25, 0.3) is 0 Å². The Labute approximate surface area is 55.7 Å². The van der Waals surface area contributed by atoms with Crippen molar-refractivity contribution in [2.75, 3.05) is 13.2 Å². The highest BCUT2D eigenvalue weighted by Gasteiger charge is 2.30. The van der Waals surface area contributed by atoms with Crippen LogP contribution in [0.15, 0.2) is 12.3 Å². The third-order valence-electron chi connectivity index (χ3n) is 1.74. The largest absolute Gasteiger partial charge is 0.498 e. The summed E-state index contributed by atoms with van der Waals surface area (Å²) < 4.78 is 5.18. The summed E-state index contributed by atoms with van der Waals surface area (Å²) in [5.41, 5.74) is 5.67. The normalized spacial score (nSPS) is 34.7. The minimum atomic E-state index is 0.164. The predicted molar refractivity (Wildman–Crippen MR) is 36.9 cm³/mol. The summed E-state index contributed by atoms with van der Waals surface area (Å²) in [6, 6.07) is 0. The van der Waals surface area contributed by atoms with E-state index >= 15 is 0 Å². The van der Waals surface area contributed by atoms with Gasteiger partial charge in [-0.2, -0.15) is 0 Å². The lowest BCUT2D eigenvalue weighted by molar-refractivity contribution is 0.200. The van der Waals surface area contributed by atoms with Gasteiger partial charge in [0.2, 0.25) is 0 Å². The van der Waals surface area contributed by atoms with E-state index < -0.39 is 0 Å². The minimum absolute atomic E-state index is 0.164. The third kappa shape index (κ3) is 1.24. The van der Waals surface area contributed by atoms with Crippen molar-refractivity contribution in [3.8, 4) is 0 Å². The summed E-state index contributed by atoms with van der Waals surface area (Å²) in [6.45, 7) is 7.26. The molecule has 0 aliphatic carbocycles. The molecule has 1 rings (SSSR count). The quantitative estimate of drug-likeness (QED) is 0.567. The third-order valence-corrected chi connectivity index (χ3v) is 1.74. The maximum absolute atomic E-state index is 5.51. The molecule has 1 atom stereocenters. The van der Waals surface area contributed by atoms with Crippen LogP contribution in [0.5, 0.6) is 0 Å². The average molecular weight is 127 g/mol. The molecule has 1 unspecified atom stereocenters. The van der Waals surface area contributed by atoms with Gasteiger partial charge in [0, 0.05) is 18.4 Å². The first-order valence-corrected chi connectivity index (χ1v) is 3.17. The highest BCUT2D eigenvalue weighted by Crippen LogP contribution is 2.31. The highest BCUT2D eigenvalue weighted by molar-refractivity contribution is 4.98. The molecule has 0 bridgehead atoms. The van der Waals surface area contributed by atoms with Crippen LogP contribution >= 0.6 is 0 Å². The van der Waals surface area contributed by atoms with Crippen molar-refractivity contribution in [1.29, 1.82) is 0 Å². The van der Waals surface area contributed by atoms with E-state index in [2.05, 4.69) is 13.5 Å². The van der Waals surface area contributed by atoms with Crippen molar-refractivity contribution in [3.63, 3.8) is 0 Å². The van der Waals surface area contributed by atoms with Crippen molar-refractivity contribution in [3.05, 3.63) is 12.3 Å². The van der Waals surface area contributed by atoms with Gasteiger partial charge in [-0.3, -0.25) is 0 Å². The Hall–Kier alpha value is -0.500. The molecule has 1 heterocycles. The number of rotatable bonds is 1. The summed E-state index contributed by atoms with van der Waals surface area (Å²) in [6.07, 6.45) is 0.920. The lowest BCUT2D eigenvalue weighted by atomic mass is 9.90. The maximum Gasteiger partial charge on any atom is 0.0947 e. The van der Waals surface area contributed by atoms with Crippen LogP contribution in [0.2, 0.25) is 0 Å². The molecule has 0 saturated carbocycles. The lowest BCUT2D eigenvalue weighted by Gasteiger charge is -2.15. The van der Waals surface area contributed by atoms with Gasteiger partial charge in [-0.1, -0.05) is 13.5 Å². The SMILES string of the molecule is C=C1CC(C)(CN)CO1. The minimum Gasteiger partial charge on any atom is -0.498 e. The van der Waals surface area contributed by atoms with Gasteiger partial charge in [-0.15, -0.1) is 0 Å². The Balaban J connectivity index is 2.54. The van der Waals surface area contributed by atoms with Crippen LogP contribution in [0.25, 0.3) is 0 Å². The number of ether oxygens (including phenoxy) is 1. The van der Waals surface area contributed by atoms with Gasteiger partial charge in [-0.05, 0) is 0 Å².